The second-order valence-corrected chi connectivity index (χ2v) is 3.77. The van der Waals surface area contributed by atoms with Crippen molar-refractivity contribution in [2.24, 2.45) is 5.92 Å². The Morgan fingerprint density at radius 3 is 2.91 bits per heavy atom. The van der Waals surface area contributed by atoms with Gasteiger partial charge in [-0.15, -0.1) is 0 Å². The smallest absolute Gasteiger partial charge is 0.0622 e. The van der Waals surface area contributed by atoms with Gasteiger partial charge in [0.05, 0.1) is 6.07 Å². The summed E-state index contributed by atoms with van der Waals surface area (Å²) in [6.45, 7) is 2.29. The van der Waals surface area contributed by atoms with E-state index >= 15 is 0 Å². The number of thioether (sulfide) groups is 1. The highest BCUT2D eigenvalue weighted by atomic mass is 32.2. The molecule has 0 aliphatic rings. The van der Waals surface area contributed by atoms with Gasteiger partial charge in [0.25, 0.3) is 0 Å². The monoisotopic (exact) mass is 173 g/mol. The zero-order chi connectivity index (χ0) is 8.53. The highest BCUT2D eigenvalue weighted by Crippen LogP contribution is 2.09. The lowest BCUT2D eigenvalue weighted by Gasteiger charge is -2.05. The van der Waals surface area contributed by atoms with Gasteiger partial charge < -0.3 is 5.11 Å². The van der Waals surface area contributed by atoms with Gasteiger partial charge in [-0.05, 0) is 23.8 Å². The standard InChI is InChI=1S/C8H15NOS/c1-8(6-10)7-11-5-3-2-4-9/h8,10H,2-3,5-7H2,1H3. The Balaban J connectivity index is 2.97. The fourth-order valence-electron chi connectivity index (χ4n) is 0.591. The van der Waals surface area contributed by atoms with Crippen molar-refractivity contribution in [2.45, 2.75) is 19.8 Å². The Bertz CT molecular complexity index is 122. The molecule has 0 aromatic rings. The molecule has 0 aromatic carbocycles. The quantitative estimate of drug-likeness (QED) is 0.621. The summed E-state index contributed by atoms with van der Waals surface area (Å²) in [6, 6.07) is 2.11. The van der Waals surface area contributed by atoms with Crippen LogP contribution < -0.4 is 0 Å². The third-order valence-corrected chi connectivity index (χ3v) is 2.67. The number of nitrogens with zero attached hydrogens (tertiary/aromatic N) is 1. The maximum absolute atomic E-state index is 8.67. The highest BCUT2D eigenvalue weighted by Gasteiger charge is 1.98. The fraction of sp³-hybridized carbons (Fsp3) is 0.875. The van der Waals surface area contributed by atoms with E-state index in [1.54, 1.807) is 0 Å². The van der Waals surface area contributed by atoms with Crippen LogP contribution in [0.4, 0.5) is 0 Å². The van der Waals surface area contributed by atoms with E-state index in [0.717, 1.165) is 17.9 Å². The molecule has 0 rings (SSSR count). The molecule has 0 radical (unpaired) electrons. The minimum absolute atomic E-state index is 0.269. The molecule has 3 heteroatoms. The van der Waals surface area contributed by atoms with Crippen LogP contribution in [0.5, 0.6) is 0 Å². The summed E-state index contributed by atoms with van der Waals surface area (Å²) in [4.78, 5) is 0. The SMILES string of the molecule is CC(CO)CSCCCC#N. The van der Waals surface area contributed by atoms with Crippen molar-refractivity contribution in [3.05, 3.63) is 0 Å². The summed E-state index contributed by atoms with van der Waals surface area (Å²) in [6.07, 6.45) is 1.62. The molecule has 64 valence electrons. The Kier molecular flexibility index (Phi) is 7.76. The molecule has 1 atom stereocenters. The van der Waals surface area contributed by atoms with E-state index in [2.05, 4.69) is 6.07 Å². The normalized spacial score (nSPS) is 12.5. The Hall–Kier alpha value is -0.200. The first-order chi connectivity index (χ1) is 5.31. The Morgan fingerprint density at radius 2 is 2.36 bits per heavy atom. The molecule has 2 nitrogen and oxygen atoms in total. The predicted molar refractivity (Wildman–Crippen MR) is 48.4 cm³/mol. The van der Waals surface area contributed by atoms with E-state index in [4.69, 9.17) is 10.4 Å². The number of hydrogen-bond donors (Lipinski definition) is 1. The van der Waals surface area contributed by atoms with Crippen LogP contribution in [0.15, 0.2) is 0 Å². The van der Waals surface area contributed by atoms with Gasteiger partial charge in [-0.3, -0.25) is 0 Å². The third kappa shape index (κ3) is 7.70. The molecular weight excluding hydrogens is 158 g/mol. The van der Waals surface area contributed by atoms with Crippen LogP contribution >= 0.6 is 11.8 Å². The second kappa shape index (κ2) is 7.90. The molecule has 0 aliphatic heterocycles. The number of nitriles is 1. The van der Waals surface area contributed by atoms with Gasteiger partial charge in [0.1, 0.15) is 0 Å². The molecule has 1 N–H and O–H groups in total. The topological polar surface area (TPSA) is 44.0 Å². The minimum Gasteiger partial charge on any atom is -0.396 e. The van der Waals surface area contributed by atoms with Gasteiger partial charge in [0, 0.05) is 13.0 Å². The first kappa shape index (κ1) is 10.8. The molecular formula is C8H15NOS. The highest BCUT2D eigenvalue weighted by molar-refractivity contribution is 7.99. The van der Waals surface area contributed by atoms with Crippen LogP contribution in [0.25, 0.3) is 0 Å². The molecule has 0 fully saturated rings. The largest absolute Gasteiger partial charge is 0.396 e. The van der Waals surface area contributed by atoms with Crippen LogP contribution in [0.2, 0.25) is 0 Å². The molecule has 0 aliphatic carbocycles. The van der Waals surface area contributed by atoms with Crippen LogP contribution in [0.1, 0.15) is 19.8 Å². The van der Waals surface area contributed by atoms with Crippen molar-refractivity contribution >= 4 is 11.8 Å². The maximum Gasteiger partial charge on any atom is 0.0622 e. The minimum atomic E-state index is 0.269. The lowest BCUT2D eigenvalue weighted by Crippen LogP contribution is -2.03. The molecule has 0 amide bonds. The van der Waals surface area contributed by atoms with Crippen molar-refractivity contribution in [2.75, 3.05) is 18.1 Å². The van der Waals surface area contributed by atoms with Crippen molar-refractivity contribution in [1.82, 2.24) is 0 Å². The van der Waals surface area contributed by atoms with Gasteiger partial charge in [-0.1, -0.05) is 6.92 Å². The van der Waals surface area contributed by atoms with Crippen LogP contribution in [0, 0.1) is 17.2 Å². The van der Waals surface area contributed by atoms with Crippen molar-refractivity contribution in [3.63, 3.8) is 0 Å². The summed E-state index contributed by atoms with van der Waals surface area (Å²) in [7, 11) is 0. The summed E-state index contributed by atoms with van der Waals surface area (Å²) in [5.41, 5.74) is 0. The molecule has 0 saturated heterocycles. The molecule has 0 bridgehead atoms. The molecule has 0 aromatic heterocycles. The van der Waals surface area contributed by atoms with Crippen molar-refractivity contribution in [3.8, 4) is 6.07 Å². The van der Waals surface area contributed by atoms with E-state index < -0.39 is 0 Å². The number of aliphatic hydroxyl groups is 1. The Morgan fingerprint density at radius 1 is 1.64 bits per heavy atom. The van der Waals surface area contributed by atoms with E-state index in [-0.39, 0.29) is 6.61 Å². The van der Waals surface area contributed by atoms with E-state index in [1.165, 1.54) is 0 Å². The van der Waals surface area contributed by atoms with Gasteiger partial charge >= 0.3 is 0 Å². The summed E-state index contributed by atoms with van der Waals surface area (Å²) in [5, 5.41) is 16.9. The van der Waals surface area contributed by atoms with Crippen LogP contribution in [-0.4, -0.2) is 23.2 Å². The lowest BCUT2D eigenvalue weighted by atomic mass is 10.2. The number of unbranched alkanes of at least 4 members (excludes halogenated alkanes) is 1. The summed E-state index contributed by atoms with van der Waals surface area (Å²) >= 11 is 1.81. The lowest BCUT2D eigenvalue weighted by molar-refractivity contribution is 0.250. The first-order valence-corrected chi connectivity index (χ1v) is 5.02. The number of hydrogen-bond acceptors (Lipinski definition) is 3. The van der Waals surface area contributed by atoms with Crippen LogP contribution in [-0.2, 0) is 0 Å². The molecule has 0 saturated carbocycles. The van der Waals surface area contributed by atoms with Crippen LogP contribution in [0.3, 0.4) is 0 Å². The molecule has 11 heavy (non-hydrogen) atoms. The Labute approximate surface area is 72.6 Å². The van der Waals surface area contributed by atoms with Gasteiger partial charge in [-0.25, -0.2) is 0 Å². The van der Waals surface area contributed by atoms with Gasteiger partial charge in [0.2, 0.25) is 0 Å². The van der Waals surface area contributed by atoms with E-state index in [9.17, 15) is 0 Å². The van der Waals surface area contributed by atoms with Crippen molar-refractivity contribution < 1.29 is 5.11 Å². The average molecular weight is 173 g/mol. The molecule has 0 heterocycles. The fourth-order valence-corrected chi connectivity index (χ4v) is 1.61. The number of rotatable bonds is 6. The van der Waals surface area contributed by atoms with Crippen molar-refractivity contribution in [1.29, 1.82) is 5.26 Å². The second-order valence-electron chi connectivity index (χ2n) is 2.62. The van der Waals surface area contributed by atoms with E-state index in [0.29, 0.717) is 12.3 Å². The molecule has 1 unspecified atom stereocenters. The predicted octanol–water partition coefficient (Wildman–Crippen LogP) is 1.65. The maximum atomic E-state index is 8.67. The third-order valence-electron chi connectivity index (χ3n) is 1.29. The summed E-state index contributed by atoms with van der Waals surface area (Å²) < 4.78 is 0. The summed E-state index contributed by atoms with van der Waals surface area (Å²) in [5.74, 6) is 2.43. The van der Waals surface area contributed by atoms with Gasteiger partial charge in [0.15, 0.2) is 0 Å². The zero-order valence-electron chi connectivity index (χ0n) is 6.92. The average Bonchev–Trinajstić information content (AvgIpc) is 2.04. The zero-order valence-corrected chi connectivity index (χ0v) is 7.73. The molecule has 0 spiro atoms. The first-order valence-electron chi connectivity index (χ1n) is 3.86. The van der Waals surface area contributed by atoms with E-state index in [1.807, 2.05) is 18.7 Å². The van der Waals surface area contributed by atoms with Gasteiger partial charge in [-0.2, -0.15) is 17.0 Å². The number of aliphatic hydroxyl groups excluding tert-OH is 1.